The molecule has 2 unspecified atom stereocenters. The van der Waals surface area contributed by atoms with Crippen molar-refractivity contribution in [1.82, 2.24) is 5.32 Å². The number of ether oxygens (including phenoxy) is 1. The van der Waals surface area contributed by atoms with E-state index >= 15 is 0 Å². The summed E-state index contributed by atoms with van der Waals surface area (Å²) in [7, 11) is 0. The highest BCUT2D eigenvalue weighted by Gasteiger charge is 2.20. The van der Waals surface area contributed by atoms with Gasteiger partial charge in [-0.3, -0.25) is 9.59 Å². The van der Waals surface area contributed by atoms with Gasteiger partial charge in [0.15, 0.2) is 0 Å². The van der Waals surface area contributed by atoms with Gasteiger partial charge < -0.3 is 20.3 Å². The van der Waals surface area contributed by atoms with Gasteiger partial charge in [-0.15, -0.1) is 0 Å². The highest BCUT2D eigenvalue weighted by Crippen LogP contribution is 2.19. The van der Waals surface area contributed by atoms with Crippen LogP contribution < -0.4 is 5.32 Å². The van der Waals surface area contributed by atoms with Crippen molar-refractivity contribution in [3.63, 3.8) is 0 Å². The molecule has 0 radical (unpaired) electrons. The Morgan fingerprint density at radius 3 is 0.899 bits per heavy atom. The number of nitrogens with one attached hydrogen (secondary N) is 1. The van der Waals surface area contributed by atoms with Crippen LogP contribution in [0.1, 0.15) is 418 Å². The summed E-state index contributed by atoms with van der Waals surface area (Å²) >= 11 is 0. The minimum atomic E-state index is -0.660. The van der Waals surface area contributed by atoms with Crippen LogP contribution in [0.2, 0.25) is 0 Å². The molecular formula is C73H143NO5. The number of amides is 1. The van der Waals surface area contributed by atoms with Crippen LogP contribution in [0.5, 0.6) is 0 Å². The molecule has 470 valence electrons. The van der Waals surface area contributed by atoms with Crippen LogP contribution in [0.3, 0.4) is 0 Å². The Labute approximate surface area is 495 Å². The number of esters is 1. The van der Waals surface area contributed by atoms with Crippen LogP contribution in [0, 0.1) is 0 Å². The molecule has 0 bridgehead atoms. The van der Waals surface area contributed by atoms with Gasteiger partial charge in [0.2, 0.25) is 5.91 Å². The number of carbonyl (C=O) groups is 2. The van der Waals surface area contributed by atoms with Crippen molar-refractivity contribution in [2.24, 2.45) is 0 Å². The Bertz CT molecular complexity index is 1190. The van der Waals surface area contributed by atoms with Gasteiger partial charge in [0.1, 0.15) is 0 Å². The summed E-state index contributed by atoms with van der Waals surface area (Å²) in [6.45, 7) is 4.99. The zero-order valence-corrected chi connectivity index (χ0v) is 53.9. The van der Waals surface area contributed by atoms with Crippen molar-refractivity contribution in [1.29, 1.82) is 0 Å². The van der Waals surface area contributed by atoms with Crippen LogP contribution in [0.25, 0.3) is 0 Å². The minimum absolute atomic E-state index is 0.0240. The third-order valence-electron chi connectivity index (χ3n) is 17.3. The minimum Gasteiger partial charge on any atom is -0.466 e. The van der Waals surface area contributed by atoms with E-state index in [4.69, 9.17) is 4.74 Å². The van der Waals surface area contributed by atoms with E-state index in [1.54, 1.807) is 0 Å². The summed E-state index contributed by atoms with van der Waals surface area (Å²) < 4.78 is 5.51. The van der Waals surface area contributed by atoms with E-state index in [-0.39, 0.29) is 18.5 Å². The Balaban J connectivity index is 3.30. The summed E-state index contributed by atoms with van der Waals surface area (Å²) in [5.74, 6) is -0.00647. The molecule has 3 N–H and O–H groups in total. The molecule has 0 aliphatic carbocycles. The topological polar surface area (TPSA) is 95.9 Å². The number of unbranched alkanes of at least 4 members (excludes halogenated alkanes) is 56. The molecule has 2 atom stereocenters. The van der Waals surface area contributed by atoms with Gasteiger partial charge in [0.25, 0.3) is 0 Å². The fraction of sp³-hybridized carbons (Fsp3) is 0.945. The predicted octanol–water partition coefficient (Wildman–Crippen LogP) is 23.5. The van der Waals surface area contributed by atoms with Crippen molar-refractivity contribution in [2.75, 3.05) is 13.2 Å². The number of rotatable bonds is 69. The van der Waals surface area contributed by atoms with Crippen LogP contribution in [-0.2, 0) is 14.3 Å². The van der Waals surface area contributed by atoms with Gasteiger partial charge in [-0.1, -0.05) is 366 Å². The molecule has 0 heterocycles. The normalized spacial score (nSPS) is 12.5. The summed E-state index contributed by atoms with van der Waals surface area (Å²) in [6, 6.07) is -0.537. The molecule has 79 heavy (non-hydrogen) atoms. The molecule has 0 spiro atoms. The number of hydrogen-bond donors (Lipinski definition) is 3. The first-order valence-corrected chi connectivity index (χ1v) is 36.4. The van der Waals surface area contributed by atoms with Gasteiger partial charge in [-0.05, 0) is 51.4 Å². The fourth-order valence-corrected chi connectivity index (χ4v) is 11.8. The first-order valence-electron chi connectivity index (χ1n) is 36.4. The molecule has 0 rings (SSSR count). The third kappa shape index (κ3) is 65.6. The van der Waals surface area contributed by atoms with Gasteiger partial charge in [0, 0.05) is 12.8 Å². The van der Waals surface area contributed by atoms with Crippen LogP contribution in [-0.4, -0.2) is 47.4 Å². The standard InChI is InChI=1S/C73H143NO5/c1-3-5-7-9-11-13-15-16-17-18-37-40-43-47-51-55-59-63-67-73(78)79-68-64-60-56-52-48-44-41-38-35-33-31-29-27-25-23-21-19-20-22-24-26-28-30-32-34-36-39-42-46-50-54-58-62-66-72(77)74-70(69-75)71(76)65-61-57-53-49-45-14-12-10-8-6-4-2/h23,25,70-71,75-76H,3-22,24,26-69H2,1-2H3,(H,74,77)/b25-23-. The van der Waals surface area contributed by atoms with E-state index in [1.165, 1.54) is 347 Å². The number of allylic oxidation sites excluding steroid dienone is 2. The SMILES string of the molecule is CCCCCCCCCCCCCCCCCCCCC(=O)OCCCCCCCCCCCCCC/C=C\CCCCCCCCCCCCCCCCCCCC(=O)NC(CO)C(O)CCCCCCCCCCCCC. The predicted molar refractivity (Wildman–Crippen MR) is 347 cm³/mol. The van der Waals surface area contributed by atoms with Crippen molar-refractivity contribution in [3.8, 4) is 0 Å². The Kier molecular flexibility index (Phi) is 67.9. The van der Waals surface area contributed by atoms with Crippen molar-refractivity contribution in [2.45, 2.75) is 431 Å². The highest BCUT2D eigenvalue weighted by atomic mass is 16.5. The summed E-state index contributed by atoms with van der Waals surface area (Å²) in [6.07, 6.45) is 85.7. The maximum absolute atomic E-state index is 12.5. The van der Waals surface area contributed by atoms with Crippen molar-refractivity contribution < 1.29 is 24.5 Å². The van der Waals surface area contributed by atoms with Crippen LogP contribution in [0.15, 0.2) is 12.2 Å². The lowest BCUT2D eigenvalue weighted by Gasteiger charge is -2.22. The monoisotopic (exact) mass is 1110 g/mol. The van der Waals surface area contributed by atoms with E-state index < -0.39 is 12.1 Å². The second-order valence-corrected chi connectivity index (χ2v) is 25.3. The molecule has 6 nitrogen and oxygen atoms in total. The van der Waals surface area contributed by atoms with E-state index in [0.717, 1.165) is 38.5 Å². The molecular weight excluding hydrogens is 971 g/mol. The third-order valence-corrected chi connectivity index (χ3v) is 17.3. The lowest BCUT2D eigenvalue weighted by molar-refractivity contribution is -0.143. The lowest BCUT2D eigenvalue weighted by atomic mass is 10.0. The lowest BCUT2D eigenvalue weighted by Crippen LogP contribution is -2.45. The molecule has 0 aromatic heterocycles. The second kappa shape index (κ2) is 69.1. The molecule has 0 aromatic rings. The van der Waals surface area contributed by atoms with Gasteiger partial charge in [-0.25, -0.2) is 0 Å². The molecule has 0 saturated heterocycles. The second-order valence-electron chi connectivity index (χ2n) is 25.3. The summed E-state index contributed by atoms with van der Waals surface area (Å²) in [4.78, 5) is 24.6. The van der Waals surface area contributed by atoms with E-state index in [2.05, 4.69) is 31.3 Å². The molecule has 0 saturated carbocycles. The Morgan fingerprint density at radius 1 is 0.342 bits per heavy atom. The van der Waals surface area contributed by atoms with E-state index in [9.17, 15) is 19.8 Å². The van der Waals surface area contributed by atoms with Gasteiger partial charge in [0.05, 0.1) is 25.4 Å². The first-order chi connectivity index (χ1) is 39.0. The smallest absolute Gasteiger partial charge is 0.305 e. The van der Waals surface area contributed by atoms with E-state index in [0.29, 0.717) is 25.9 Å². The molecule has 0 fully saturated rings. The van der Waals surface area contributed by atoms with Crippen LogP contribution >= 0.6 is 0 Å². The summed E-state index contributed by atoms with van der Waals surface area (Å²) in [5, 5.41) is 23.2. The molecule has 6 heteroatoms. The largest absolute Gasteiger partial charge is 0.466 e. The zero-order chi connectivity index (χ0) is 57.1. The average molecular weight is 1110 g/mol. The number of aliphatic hydroxyl groups excluding tert-OH is 2. The highest BCUT2D eigenvalue weighted by molar-refractivity contribution is 5.76. The molecule has 0 aromatic carbocycles. The summed E-state index contributed by atoms with van der Waals surface area (Å²) in [5.41, 5.74) is 0. The average Bonchev–Trinajstić information content (AvgIpc) is 3.45. The number of carbonyl (C=O) groups excluding carboxylic acids is 2. The molecule has 1 amide bonds. The van der Waals surface area contributed by atoms with Crippen molar-refractivity contribution in [3.05, 3.63) is 12.2 Å². The van der Waals surface area contributed by atoms with Crippen molar-refractivity contribution >= 4 is 11.9 Å². The molecule has 0 aliphatic heterocycles. The maximum Gasteiger partial charge on any atom is 0.305 e. The van der Waals surface area contributed by atoms with Gasteiger partial charge >= 0.3 is 5.97 Å². The number of aliphatic hydroxyl groups is 2. The Morgan fingerprint density at radius 2 is 0.595 bits per heavy atom. The zero-order valence-electron chi connectivity index (χ0n) is 53.9. The quantitative estimate of drug-likeness (QED) is 0.0320. The van der Waals surface area contributed by atoms with E-state index in [1.807, 2.05) is 0 Å². The molecule has 0 aliphatic rings. The first kappa shape index (κ1) is 77.6. The maximum atomic E-state index is 12.5. The van der Waals surface area contributed by atoms with Crippen LogP contribution in [0.4, 0.5) is 0 Å². The number of hydrogen-bond acceptors (Lipinski definition) is 5. The van der Waals surface area contributed by atoms with Gasteiger partial charge in [-0.2, -0.15) is 0 Å². The fourth-order valence-electron chi connectivity index (χ4n) is 11.8. The Hall–Kier alpha value is -1.40.